The fraction of sp³-hybridized carbons (Fsp3) is 0.102. The summed E-state index contributed by atoms with van der Waals surface area (Å²) in [5.74, 6) is 0.169. The van der Waals surface area contributed by atoms with Gasteiger partial charge in [0.05, 0.1) is 40.4 Å². The zero-order chi connectivity index (χ0) is 56.5. The smallest absolute Gasteiger partial charge is 0.296 e. The molecule has 0 heterocycles. The summed E-state index contributed by atoms with van der Waals surface area (Å²) in [5.41, 5.74) is 9.39. The second-order valence-corrected chi connectivity index (χ2v) is 22.5. The summed E-state index contributed by atoms with van der Waals surface area (Å²) < 4.78 is 149. The van der Waals surface area contributed by atoms with Crippen LogP contribution in [0, 0.1) is 20.8 Å². The summed E-state index contributed by atoms with van der Waals surface area (Å²) in [5, 5.41) is 47.6. The first kappa shape index (κ1) is 55.5. The van der Waals surface area contributed by atoms with E-state index >= 15 is 0 Å². The Kier molecular flexibility index (Phi) is 15.5. The van der Waals surface area contributed by atoms with E-state index in [9.17, 15) is 57.0 Å². The van der Waals surface area contributed by atoms with Crippen LogP contribution >= 0.6 is 0 Å². The molecule has 0 aliphatic heterocycles. The van der Waals surface area contributed by atoms with Crippen molar-refractivity contribution in [2.24, 2.45) is 40.9 Å². The predicted octanol–water partition coefficient (Wildman–Crippen LogP) is 12.3. The van der Waals surface area contributed by atoms with Gasteiger partial charge in [0.25, 0.3) is 40.5 Å². The number of hydrogen-bond acceptors (Lipinski definition) is 21. The number of nitrogens with zero attached hydrogens (tertiary/aromatic N) is 8. The van der Waals surface area contributed by atoms with E-state index in [1.165, 1.54) is 31.4 Å². The number of anilines is 2. The average molecular weight is 1140 g/mol. The van der Waals surface area contributed by atoms with Crippen molar-refractivity contribution in [3.05, 3.63) is 138 Å². The number of methoxy groups -OCH3 is 1. The van der Waals surface area contributed by atoms with Gasteiger partial charge >= 0.3 is 0 Å². The number of nitrogens with one attached hydrogen (secondary N) is 1. The van der Waals surface area contributed by atoms with Crippen molar-refractivity contribution in [2.45, 2.75) is 40.4 Å². The number of aryl methyl sites for hydroxylation is 3. The van der Waals surface area contributed by atoms with Crippen LogP contribution in [0.5, 0.6) is 17.2 Å². The van der Waals surface area contributed by atoms with Gasteiger partial charge in [-0.15, -0.1) is 15.3 Å². The molecule has 0 bridgehead atoms. The quantitative estimate of drug-likeness (QED) is 0.0193. The van der Waals surface area contributed by atoms with Crippen LogP contribution in [-0.4, -0.2) is 70.8 Å². The minimum Gasteiger partial charge on any atom is -0.505 e. The number of azo groups is 4. The molecule has 0 aliphatic rings. The molecule has 29 heteroatoms. The molecule has 78 heavy (non-hydrogen) atoms. The molecule has 8 aromatic carbocycles. The van der Waals surface area contributed by atoms with Gasteiger partial charge in [0.2, 0.25) is 0 Å². The summed E-state index contributed by atoms with van der Waals surface area (Å²) >= 11 is 0. The lowest BCUT2D eigenvalue weighted by molar-refractivity contribution is 0.347. The summed E-state index contributed by atoms with van der Waals surface area (Å²) in [6.45, 7) is 5.16. The van der Waals surface area contributed by atoms with Gasteiger partial charge in [-0.3, -0.25) is 18.2 Å². The molecule has 8 aromatic rings. The maximum Gasteiger partial charge on any atom is 0.296 e. The Morgan fingerprint density at radius 2 is 1.03 bits per heavy atom. The Labute approximate surface area is 444 Å². The molecule has 0 saturated heterocycles. The molecule has 8 N–H and O–H groups in total. The number of phenolic OH excluding ortho intramolecular Hbond substituents is 1. The van der Waals surface area contributed by atoms with Crippen molar-refractivity contribution in [3.63, 3.8) is 0 Å². The van der Waals surface area contributed by atoms with Crippen molar-refractivity contribution >= 4 is 119 Å². The lowest BCUT2D eigenvalue weighted by Crippen LogP contribution is -2.08. The lowest BCUT2D eigenvalue weighted by Gasteiger charge is -2.12. The van der Waals surface area contributed by atoms with E-state index < -0.39 is 88.0 Å². The molecule has 0 aliphatic carbocycles. The maximum atomic E-state index is 12.6. The Balaban J connectivity index is 0.969. The molecule has 0 radical (unpaired) electrons. The largest absolute Gasteiger partial charge is 0.505 e. The highest BCUT2D eigenvalue weighted by Gasteiger charge is 2.26. The summed E-state index contributed by atoms with van der Waals surface area (Å²) in [6, 6.07) is 28.1. The summed E-state index contributed by atoms with van der Waals surface area (Å²) in [7, 11) is -18.8. The van der Waals surface area contributed by atoms with Crippen LogP contribution in [-0.2, 0) is 40.5 Å². The molecular formula is C49H42N10O15S4. The zero-order valence-corrected chi connectivity index (χ0v) is 44.1. The second-order valence-electron chi connectivity index (χ2n) is 17.0. The van der Waals surface area contributed by atoms with E-state index in [1.54, 1.807) is 87.5 Å². The van der Waals surface area contributed by atoms with E-state index in [0.717, 1.165) is 18.2 Å². The van der Waals surface area contributed by atoms with Gasteiger partial charge in [-0.05, 0) is 163 Å². The van der Waals surface area contributed by atoms with Crippen LogP contribution < -0.4 is 20.5 Å². The van der Waals surface area contributed by atoms with Crippen molar-refractivity contribution in [3.8, 4) is 17.2 Å². The number of nitrogen functional groups attached to an aromatic ring is 1. The Hall–Kier alpha value is -8.68. The molecule has 0 saturated carbocycles. The topological polar surface area (TPSA) is 393 Å². The minimum atomic E-state index is -5.15. The minimum absolute atomic E-state index is 0.0477. The zero-order valence-electron chi connectivity index (χ0n) is 40.9. The third-order valence-electron chi connectivity index (χ3n) is 11.5. The molecule has 0 unspecified atom stereocenters. The van der Waals surface area contributed by atoms with Crippen LogP contribution in [0.15, 0.2) is 182 Å². The lowest BCUT2D eigenvalue weighted by atomic mass is 10.1. The highest BCUT2D eigenvalue weighted by atomic mass is 32.2. The van der Waals surface area contributed by atoms with Gasteiger partial charge in [-0.25, -0.2) is 0 Å². The molecule has 0 atom stereocenters. The number of fused-ring (bicyclic) bond motifs is 2. The van der Waals surface area contributed by atoms with Gasteiger partial charge in [0.1, 0.15) is 43.2 Å². The third kappa shape index (κ3) is 12.8. The monoisotopic (exact) mass is 1140 g/mol. The molecule has 0 spiro atoms. The first-order valence-corrected chi connectivity index (χ1v) is 28.0. The maximum absolute atomic E-state index is 12.6. The fourth-order valence-corrected chi connectivity index (χ4v) is 10.2. The van der Waals surface area contributed by atoms with Gasteiger partial charge < -0.3 is 25.6 Å². The van der Waals surface area contributed by atoms with Gasteiger partial charge in [-0.2, -0.15) is 59.2 Å². The van der Waals surface area contributed by atoms with Gasteiger partial charge in [0.15, 0.2) is 12.5 Å². The van der Waals surface area contributed by atoms with Crippen LogP contribution in [0.4, 0.5) is 56.9 Å². The number of phenols is 1. The average Bonchev–Trinajstić information content (AvgIpc) is 3.55. The van der Waals surface area contributed by atoms with Crippen LogP contribution in [0.25, 0.3) is 21.5 Å². The van der Waals surface area contributed by atoms with Crippen LogP contribution in [0.2, 0.25) is 0 Å². The first-order valence-electron chi connectivity index (χ1n) is 22.3. The highest BCUT2D eigenvalue weighted by Crippen LogP contribution is 2.44. The van der Waals surface area contributed by atoms with E-state index in [2.05, 4.69) is 46.2 Å². The van der Waals surface area contributed by atoms with Crippen LogP contribution in [0.1, 0.15) is 16.7 Å². The number of rotatable bonds is 17. The number of ether oxygens (including phenoxy) is 2. The standard InChI is InChI=1S/C49H42N10O15S4/c1-26-15-34(8-13-39(26)54-52-33-9-14-40(27(2)16-33)55-58-43-23-38-30(20-46(43)77(67,68)69)19-36(75(61,62)63)22-45(38)76(64,65)66)53-56-41-24-44(73-4)42(17-28(41)3)57-59-48-47(78(70,71)72)21-29-18-32(7-12-37(29)49(48)60)51-25-74-35-10-5-31(50)6-11-35/h5-24,51,60H,25,50H2,1-4H3,(H,61,62,63)(H,64,65,66)(H,67,68,69)(H,70,71,72). The Morgan fingerprint density at radius 3 is 1.60 bits per heavy atom. The molecule has 25 nitrogen and oxygen atoms in total. The van der Waals surface area contributed by atoms with Crippen molar-refractivity contribution in [1.82, 2.24) is 0 Å². The molecule has 402 valence electrons. The van der Waals surface area contributed by atoms with Crippen molar-refractivity contribution in [2.75, 3.05) is 24.9 Å². The Bertz CT molecular complexity index is 4350. The third-order valence-corrected chi connectivity index (χ3v) is 14.9. The SMILES string of the molecule is COc1cc(N=Nc2ccc(N=Nc3ccc(N=Nc4cc5c(S(=O)(=O)O)cc(S(=O)(=O)O)cc5cc4S(=O)(=O)O)c(C)c3)c(C)c2)c(C)cc1N=Nc1c(S(=O)(=O)O)cc2cc(NCOc3ccc(N)cc3)ccc2c1O. The summed E-state index contributed by atoms with van der Waals surface area (Å²) in [4.78, 5) is -3.56. The van der Waals surface area contributed by atoms with E-state index in [0.29, 0.717) is 68.7 Å². The number of benzene rings is 8. The fourth-order valence-electron chi connectivity index (χ4n) is 7.56. The normalized spacial score (nSPS) is 12.7. The van der Waals surface area contributed by atoms with Gasteiger partial charge in [-0.1, -0.05) is 0 Å². The van der Waals surface area contributed by atoms with Crippen LogP contribution in [0.3, 0.4) is 0 Å². The van der Waals surface area contributed by atoms with E-state index in [1.807, 2.05) is 0 Å². The molecular weight excluding hydrogens is 1100 g/mol. The molecule has 0 aromatic heterocycles. The first-order chi connectivity index (χ1) is 36.7. The molecule has 0 amide bonds. The highest BCUT2D eigenvalue weighted by molar-refractivity contribution is 7.87. The van der Waals surface area contributed by atoms with Crippen molar-refractivity contribution < 1.29 is 66.5 Å². The van der Waals surface area contributed by atoms with E-state index in [-0.39, 0.29) is 34.6 Å². The van der Waals surface area contributed by atoms with Gasteiger partial charge in [0, 0.05) is 28.2 Å². The Morgan fingerprint density at radius 1 is 0.487 bits per heavy atom. The predicted molar refractivity (Wildman–Crippen MR) is 286 cm³/mol. The number of nitrogens with two attached hydrogens (primary N) is 1. The summed E-state index contributed by atoms with van der Waals surface area (Å²) in [6.07, 6.45) is 0. The van der Waals surface area contributed by atoms with Crippen molar-refractivity contribution in [1.29, 1.82) is 0 Å². The molecule has 0 fully saturated rings. The number of hydrogen-bond donors (Lipinski definition) is 7. The molecule has 8 rings (SSSR count). The van der Waals surface area contributed by atoms with E-state index in [4.69, 9.17) is 15.2 Å². The second kappa shape index (κ2) is 21.7. The number of aromatic hydroxyl groups is 1.